The molecule has 2 saturated carbocycles. The van der Waals surface area contributed by atoms with E-state index < -0.39 is 5.97 Å². The van der Waals surface area contributed by atoms with Gasteiger partial charge in [-0.2, -0.15) is 0 Å². The van der Waals surface area contributed by atoms with Gasteiger partial charge in [-0.3, -0.25) is 4.79 Å². The SMILES string of the molecule is O=C(O)C1CC2CC1CC2O. The smallest absolute Gasteiger partial charge is 0.306 e. The number of fused-ring (bicyclic) bond motifs is 2. The highest BCUT2D eigenvalue weighted by Crippen LogP contribution is 2.48. The monoisotopic (exact) mass is 156 g/mol. The summed E-state index contributed by atoms with van der Waals surface area (Å²) >= 11 is 0. The third-order valence-electron chi connectivity index (χ3n) is 3.14. The number of hydrogen-bond acceptors (Lipinski definition) is 2. The molecule has 4 atom stereocenters. The van der Waals surface area contributed by atoms with Gasteiger partial charge in [0.15, 0.2) is 0 Å². The van der Waals surface area contributed by atoms with Gasteiger partial charge in [-0.25, -0.2) is 0 Å². The van der Waals surface area contributed by atoms with Crippen LogP contribution in [0.25, 0.3) is 0 Å². The summed E-state index contributed by atoms with van der Waals surface area (Å²) in [5.74, 6) is -0.304. The van der Waals surface area contributed by atoms with Gasteiger partial charge in [0.05, 0.1) is 12.0 Å². The molecule has 2 fully saturated rings. The molecule has 2 aliphatic rings. The lowest BCUT2D eigenvalue weighted by Gasteiger charge is -2.21. The van der Waals surface area contributed by atoms with E-state index in [2.05, 4.69) is 0 Å². The Bertz CT molecular complexity index is 188. The van der Waals surface area contributed by atoms with Gasteiger partial charge in [0.1, 0.15) is 0 Å². The van der Waals surface area contributed by atoms with Crippen molar-refractivity contribution in [3.8, 4) is 0 Å². The quantitative estimate of drug-likeness (QED) is 0.580. The molecule has 0 heterocycles. The molecule has 0 amide bonds. The van der Waals surface area contributed by atoms with E-state index >= 15 is 0 Å². The Morgan fingerprint density at radius 2 is 1.91 bits per heavy atom. The van der Waals surface area contributed by atoms with Crippen molar-refractivity contribution in [2.75, 3.05) is 0 Å². The van der Waals surface area contributed by atoms with Crippen LogP contribution in [0.1, 0.15) is 19.3 Å². The first-order valence-electron chi connectivity index (χ1n) is 4.09. The number of carboxylic acids is 1. The predicted octanol–water partition coefficient (Wildman–Crippen LogP) is 0.478. The predicted molar refractivity (Wildman–Crippen MR) is 38.0 cm³/mol. The Labute approximate surface area is 65.0 Å². The van der Waals surface area contributed by atoms with E-state index in [0.29, 0.717) is 12.8 Å². The van der Waals surface area contributed by atoms with Crippen LogP contribution in [0.15, 0.2) is 0 Å². The van der Waals surface area contributed by atoms with Crippen LogP contribution in [-0.4, -0.2) is 22.3 Å². The van der Waals surface area contributed by atoms with Crippen LogP contribution in [-0.2, 0) is 4.79 Å². The molecule has 4 unspecified atom stereocenters. The first-order chi connectivity index (χ1) is 5.18. The van der Waals surface area contributed by atoms with Crippen LogP contribution in [0.3, 0.4) is 0 Å². The highest BCUT2D eigenvalue weighted by molar-refractivity contribution is 5.71. The van der Waals surface area contributed by atoms with Crippen molar-refractivity contribution in [3.63, 3.8) is 0 Å². The summed E-state index contributed by atoms with van der Waals surface area (Å²) in [5, 5.41) is 18.1. The molecule has 2 bridgehead atoms. The van der Waals surface area contributed by atoms with Crippen LogP contribution in [0, 0.1) is 17.8 Å². The minimum absolute atomic E-state index is 0.164. The van der Waals surface area contributed by atoms with Crippen molar-refractivity contribution < 1.29 is 15.0 Å². The summed E-state index contributed by atoms with van der Waals surface area (Å²) in [6, 6.07) is 0. The second-order valence-electron chi connectivity index (χ2n) is 3.74. The summed E-state index contributed by atoms with van der Waals surface area (Å²) in [6.45, 7) is 0. The van der Waals surface area contributed by atoms with E-state index in [-0.39, 0.29) is 23.9 Å². The topological polar surface area (TPSA) is 57.5 Å². The molecule has 0 aromatic carbocycles. The molecule has 0 aromatic heterocycles. The highest BCUT2D eigenvalue weighted by atomic mass is 16.4. The molecular weight excluding hydrogens is 144 g/mol. The van der Waals surface area contributed by atoms with Crippen molar-refractivity contribution in [3.05, 3.63) is 0 Å². The Kier molecular flexibility index (Phi) is 1.42. The Morgan fingerprint density at radius 1 is 1.18 bits per heavy atom. The maximum atomic E-state index is 10.6. The number of aliphatic hydroxyl groups excluding tert-OH is 1. The third-order valence-corrected chi connectivity index (χ3v) is 3.14. The van der Waals surface area contributed by atoms with Crippen LogP contribution >= 0.6 is 0 Å². The summed E-state index contributed by atoms with van der Waals surface area (Å²) in [5.41, 5.74) is 0. The fourth-order valence-corrected chi connectivity index (χ4v) is 2.55. The molecule has 3 heteroatoms. The molecule has 0 radical (unpaired) electrons. The molecular formula is C8H12O3. The standard InChI is InChI=1S/C8H12O3/c9-7-3-4-1-5(7)2-6(4)8(10)11/h4-7,9H,1-3H2,(H,10,11). The van der Waals surface area contributed by atoms with Gasteiger partial charge in [0, 0.05) is 0 Å². The van der Waals surface area contributed by atoms with Gasteiger partial charge in [0.25, 0.3) is 0 Å². The highest BCUT2D eigenvalue weighted by Gasteiger charge is 2.47. The van der Waals surface area contributed by atoms with Crippen molar-refractivity contribution >= 4 is 5.97 Å². The second kappa shape index (κ2) is 2.21. The average molecular weight is 156 g/mol. The number of aliphatic carboxylic acids is 1. The Morgan fingerprint density at radius 3 is 2.27 bits per heavy atom. The van der Waals surface area contributed by atoms with Gasteiger partial charge in [0.2, 0.25) is 0 Å². The number of rotatable bonds is 1. The molecule has 0 aliphatic heterocycles. The molecule has 2 rings (SSSR count). The van der Waals surface area contributed by atoms with Gasteiger partial charge in [-0.15, -0.1) is 0 Å². The fourth-order valence-electron chi connectivity index (χ4n) is 2.55. The average Bonchev–Trinajstić information content (AvgIpc) is 2.43. The number of aliphatic hydroxyl groups is 1. The minimum Gasteiger partial charge on any atom is -0.481 e. The van der Waals surface area contributed by atoms with Gasteiger partial charge in [-0.05, 0) is 31.1 Å². The lowest BCUT2D eigenvalue weighted by molar-refractivity contribution is -0.144. The molecule has 3 nitrogen and oxygen atoms in total. The Balaban J connectivity index is 2.08. The van der Waals surface area contributed by atoms with E-state index in [1.54, 1.807) is 0 Å². The molecule has 2 N–H and O–H groups in total. The summed E-state index contributed by atoms with van der Waals surface area (Å²) in [7, 11) is 0. The zero-order chi connectivity index (χ0) is 8.01. The van der Waals surface area contributed by atoms with Crippen LogP contribution < -0.4 is 0 Å². The number of hydrogen-bond donors (Lipinski definition) is 2. The molecule has 2 aliphatic carbocycles. The van der Waals surface area contributed by atoms with E-state index in [4.69, 9.17) is 5.11 Å². The van der Waals surface area contributed by atoms with Gasteiger partial charge < -0.3 is 10.2 Å². The van der Waals surface area contributed by atoms with Crippen molar-refractivity contribution in [1.29, 1.82) is 0 Å². The number of carboxylic acid groups (broad SMARTS) is 1. The van der Waals surface area contributed by atoms with Crippen LogP contribution in [0.2, 0.25) is 0 Å². The van der Waals surface area contributed by atoms with E-state index in [9.17, 15) is 9.90 Å². The van der Waals surface area contributed by atoms with Crippen LogP contribution in [0.4, 0.5) is 0 Å². The van der Waals surface area contributed by atoms with Crippen molar-refractivity contribution in [1.82, 2.24) is 0 Å². The minimum atomic E-state index is -0.676. The summed E-state index contributed by atoms with van der Waals surface area (Å²) in [6.07, 6.45) is 2.12. The molecule has 11 heavy (non-hydrogen) atoms. The lowest BCUT2D eigenvalue weighted by atomic mass is 9.87. The summed E-state index contributed by atoms with van der Waals surface area (Å²) in [4.78, 5) is 10.6. The zero-order valence-corrected chi connectivity index (χ0v) is 6.23. The van der Waals surface area contributed by atoms with Crippen LogP contribution in [0.5, 0.6) is 0 Å². The van der Waals surface area contributed by atoms with E-state index in [1.807, 2.05) is 0 Å². The Hall–Kier alpha value is -0.570. The van der Waals surface area contributed by atoms with E-state index in [1.165, 1.54) is 0 Å². The van der Waals surface area contributed by atoms with E-state index in [0.717, 1.165) is 6.42 Å². The fraction of sp³-hybridized carbons (Fsp3) is 0.875. The first-order valence-corrected chi connectivity index (χ1v) is 4.09. The molecule has 62 valence electrons. The normalized spacial score (nSPS) is 48.1. The molecule has 0 saturated heterocycles. The number of carbonyl (C=O) groups is 1. The second-order valence-corrected chi connectivity index (χ2v) is 3.74. The first kappa shape index (κ1) is 7.10. The maximum Gasteiger partial charge on any atom is 0.306 e. The zero-order valence-electron chi connectivity index (χ0n) is 6.23. The molecule has 0 aromatic rings. The van der Waals surface area contributed by atoms with Gasteiger partial charge >= 0.3 is 5.97 Å². The van der Waals surface area contributed by atoms with Crippen molar-refractivity contribution in [2.24, 2.45) is 17.8 Å². The largest absolute Gasteiger partial charge is 0.481 e. The third kappa shape index (κ3) is 0.948. The van der Waals surface area contributed by atoms with Crippen molar-refractivity contribution in [2.45, 2.75) is 25.4 Å². The van der Waals surface area contributed by atoms with Gasteiger partial charge in [-0.1, -0.05) is 0 Å². The lowest BCUT2D eigenvalue weighted by Crippen LogP contribution is -2.26. The maximum absolute atomic E-state index is 10.6. The molecule has 0 spiro atoms. The summed E-state index contributed by atoms with van der Waals surface area (Å²) < 4.78 is 0.